The molecule has 0 aromatic heterocycles. The number of rotatable bonds is 0. The molecular weight excluding hydrogens is 241 g/mol. The van der Waals surface area contributed by atoms with E-state index in [1.165, 1.54) is 0 Å². The Morgan fingerprint density at radius 2 is 2.12 bits per heavy atom. The van der Waals surface area contributed by atoms with Gasteiger partial charge in [-0.3, -0.25) is 5.43 Å². The van der Waals surface area contributed by atoms with Crippen LogP contribution in [0.2, 0.25) is 0 Å². The lowest BCUT2D eigenvalue weighted by molar-refractivity contribution is 0.249. The number of halogens is 1. The van der Waals surface area contributed by atoms with Crippen molar-refractivity contribution < 1.29 is 6.22 Å². The predicted molar refractivity (Wildman–Crippen MR) is 45.6 cm³/mol. The summed E-state index contributed by atoms with van der Waals surface area (Å²) in [6, 6.07) is -0.718. The van der Waals surface area contributed by atoms with Gasteiger partial charge in [0.25, 0.3) is 0 Å². The molecule has 2 amide bonds. The summed E-state index contributed by atoms with van der Waals surface area (Å²) in [5.74, 6) is 4.45. The fraction of sp³-hybridized carbons (Fsp3) is 0.500. The number of hydrazine groups is 1. The van der Waals surface area contributed by atoms with Gasteiger partial charge >= 0.3 is 7.46 Å². The highest BCUT2D eigenvalue weighted by atomic mass is 127. The number of hydrogen-bond donors (Lipinski definition) is 3. The van der Waals surface area contributed by atoms with Gasteiger partial charge < -0.3 is 5.73 Å². The second-order valence-electron chi connectivity index (χ2n) is 0.663. The van der Waals surface area contributed by atoms with E-state index in [4.69, 9.17) is 0 Å². The molecule has 0 radical (unpaired) electrons. The van der Waals surface area contributed by atoms with Crippen LogP contribution in [-0.4, -0.2) is 12.3 Å². The number of amides is 2. The lowest BCUT2D eigenvalue weighted by atomic mass is 11.2. The Hall–Kier alpha value is 0.310. The number of nitrogens with one attached hydrogen (secondary N) is 1. The van der Waals surface area contributed by atoms with Crippen molar-refractivity contribution >= 4 is 36.2 Å². The molecule has 0 atom stereocenters. The molecule has 5 N–H and O–H groups in total. The lowest BCUT2D eigenvalue weighted by Crippen LogP contribution is -2.34. The van der Waals surface area contributed by atoms with Gasteiger partial charge in [0.05, 0.1) is 0 Å². The van der Waals surface area contributed by atoms with Crippen LogP contribution in [0.5, 0.6) is 0 Å². The van der Waals surface area contributed by atoms with Gasteiger partial charge in [0.1, 0.15) is 0 Å². The molecule has 0 aliphatic rings. The van der Waals surface area contributed by atoms with Crippen LogP contribution >= 0.6 is 30.1 Å². The van der Waals surface area contributed by atoms with Gasteiger partial charge in [0.15, 0.2) is 0 Å². The molecule has 0 saturated carbocycles. The molecule has 0 aliphatic heterocycles. The van der Waals surface area contributed by atoms with Crippen LogP contribution in [0.3, 0.4) is 0 Å². The number of primary amides is 1. The van der Waals surface area contributed by atoms with Gasteiger partial charge in [0.2, 0.25) is 0 Å². The predicted octanol–water partition coefficient (Wildman–Crippen LogP) is 0.340. The number of nitrogens with two attached hydrogens (primary N) is 2. The quantitative estimate of drug-likeness (QED) is 0.251. The molecule has 0 heterocycles. The molecule has 0 aromatic rings. The summed E-state index contributed by atoms with van der Waals surface area (Å²) >= 11 is 2.20. The molecule has 0 spiro atoms. The SMILES string of the molecule is CSI.NNC(N)=O.[H+]. The summed E-state index contributed by atoms with van der Waals surface area (Å²) in [5.41, 5.74) is 6.08. The first kappa shape index (κ1) is 11.2. The molecule has 0 saturated heterocycles. The van der Waals surface area contributed by atoms with Crippen LogP contribution < -0.4 is 17.0 Å². The fourth-order valence-electron chi connectivity index (χ4n) is 0. The van der Waals surface area contributed by atoms with Crippen LogP contribution in [0.15, 0.2) is 0 Å². The fourth-order valence-corrected chi connectivity index (χ4v) is 0. The average Bonchev–Trinajstić information content (AvgIpc) is 1.69. The smallest absolute Gasteiger partial charge is 0.351 e. The first-order valence-electron chi connectivity index (χ1n) is 1.59. The summed E-state index contributed by atoms with van der Waals surface area (Å²) < 4.78 is 0. The van der Waals surface area contributed by atoms with E-state index in [9.17, 15) is 4.79 Å². The van der Waals surface area contributed by atoms with Crippen LogP contribution in [0.1, 0.15) is 1.43 Å². The Balaban J connectivity index is -0.0000000800. The Labute approximate surface area is 65.8 Å². The normalized spacial score (nSPS) is 6.38. The molecule has 6 heteroatoms. The van der Waals surface area contributed by atoms with E-state index < -0.39 is 6.03 Å². The van der Waals surface area contributed by atoms with Gasteiger partial charge in [-0.1, -0.05) is 8.93 Å². The van der Waals surface area contributed by atoms with Crippen molar-refractivity contribution in [2.24, 2.45) is 11.6 Å². The molecule has 4 nitrogen and oxygen atoms in total. The Kier molecular flexibility index (Phi) is 14.4. The summed E-state index contributed by atoms with van der Waals surface area (Å²) in [6.45, 7) is 0. The van der Waals surface area contributed by atoms with Gasteiger partial charge in [-0.25, -0.2) is 10.6 Å². The highest BCUT2D eigenvalue weighted by Gasteiger charge is 1.73. The van der Waals surface area contributed by atoms with E-state index in [1.807, 2.05) is 6.26 Å². The molecule has 50 valence electrons. The van der Waals surface area contributed by atoms with Crippen molar-refractivity contribution in [3.05, 3.63) is 0 Å². The number of carbonyl (C=O) groups is 1. The number of hydrogen-bond acceptors (Lipinski definition) is 3. The first-order chi connectivity index (χ1) is 3.68. The van der Waals surface area contributed by atoms with E-state index >= 15 is 0 Å². The maximum atomic E-state index is 9.35. The molecular formula is C2H9IN3OS+. The van der Waals surface area contributed by atoms with Crippen molar-refractivity contribution in [1.82, 2.24) is 5.43 Å². The van der Waals surface area contributed by atoms with Gasteiger partial charge in [-0.2, -0.15) is 0 Å². The summed E-state index contributed by atoms with van der Waals surface area (Å²) in [7, 11) is 1.72. The standard InChI is InChI=1S/CH3IS.CH5N3O/c1-3-2;2-1(5)4-3/h1H3;3H2,(H3,2,4,5)/p+1. The summed E-state index contributed by atoms with van der Waals surface area (Å²) in [4.78, 5) is 9.35. The van der Waals surface area contributed by atoms with E-state index in [0.29, 0.717) is 0 Å². The largest absolute Gasteiger partial charge is 1.00 e. The second kappa shape index (κ2) is 10.3. The molecule has 8 heavy (non-hydrogen) atoms. The molecule has 0 aromatic carbocycles. The van der Waals surface area contributed by atoms with E-state index in [1.54, 1.807) is 14.4 Å². The third-order valence-corrected chi connectivity index (χ3v) is 0.142. The number of carbonyl (C=O) groups excluding carboxylic acids is 1. The third-order valence-electron chi connectivity index (χ3n) is 0.142. The Morgan fingerprint density at radius 1 is 2.00 bits per heavy atom. The highest BCUT2D eigenvalue weighted by molar-refractivity contribution is 14.2. The molecule has 0 aliphatic carbocycles. The van der Waals surface area contributed by atoms with Gasteiger partial charge in [-0.05, 0) is 27.5 Å². The average molecular weight is 250 g/mol. The molecule has 0 bridgehead atoms. The first-order valence-corrected chi connectivity index (χ1v) is 5.36. The maximum Gasteiger partial charge on any atom is 1.00 e. The van der Waals surface area contributed by atoms with Gasteiger partial charge in [-0.15, -0.1) is 0 Å². The lowest BCUT2D eigenvalue weighted by Gasteiger charge is -1.81. The minimum atomic E-state index is -0.718. The Bertz CT molecular complexity index is 65.8. The second-order valence-corrected chi connectivity index (χ2v) is 3.61. The van der Waals surface area contributed by atoms with Crippen molar-refractivity contribution in [3.8, 4) is 0 Å². The van der Waals surface area contributed by atoms with E-state index in [0.717, 1.165) is 0 Å². The zero-order chi connectivity index (χ0) is 6.99. The van der Waals surface area contributed by atoms with Crippen LogP contribution in [0, 0.1) is 0 Å². The van der Waals surface area contributed by atoms with Crippen molar-refractivity contribution in [3.63, 3.8) is 0 Å². The van der Waals surface area contributed by atoms with Crippen LogP contribution in [-0.2, 0) is 0 Å². The zero-order valence-electron chi connectivity index (χ0n) is 5.35. The molecule has 0 fully saturated rings. The van der Waals surface area contributed by atoms with Crippen LogP contribution in [0.4, 0.5) is 4.79 Å². The van der Waals surface area contributed by atoms with Gasteiger partial charge in [0, 0.05) is 0 Å². The van der Waals surface area contributed by atoms with E-state index in [-0.39, 0.29) is 1.43 Å². The maximum absolute atomic E-state index is 9.35. The minimum absolute atomic E-state index is 0. The monoisotopic (exact) mass is 250 g/mol. The minimum Gasteiger partial charge on any atom is -0.351 e. The van der Waals surface area contributed by atoms with Crippen molar-refractivity contribution in [2.75, 3.05) is 6.26 Å². The summed E-state index contributed by atoms with van der Waals surface area (Å²) in [5, 5.41) is 0. The third kappa shape index (κ3) is 33.3. The highest BCUT2D eigenvalue weighted by Crippen LogP contribution is 2.00. The van der Waals surface area contributed by atoms with Crippen LogP contribution in [0.25, 0.3) is 0 Å². The molecule has 0 unspecified atom stereocenters. The molecule has 0 rings (SSSR count). The van der Waals surface area contributed by atoms with Crippen molar-refractivity contribution in [1.29, 1.82) is 0 Å². The Morgan fingerprint density at radius 3 is 2.12 bits per heavy atom. The summed E-state index contributed by atoms with van der Waals surface area (Å²) in [6.07, 6.45) is 2.03. The van der Waals surface area contributed by atoms with Crippen molar-refractivity contribution in [2.45, 2.75) is 0 Å². The topological polar surface area (TPSA) is 81.1 Å². The number of urea groups is 1. The van der Waals surface area contributed by atoms with E-state index in [2.05, 4.69) is 32.8 Å². The zero-order valence-corrected chi connectivity index (χ0v) is 7.32.